The number of rotatable bonds is 8. The Hall–Kier alpha value is -2.97. The van der Waals surface area contributed by atoms with E-state index < -0.39 is 11.6 Å². The number of hydrogen-bond acceptors (Lipinski definition) is 4. The summed E-state index contributed by atoms with van der Waals surface area (Å²) in [5, 5.41) is 9.47. The summed E-state index contributed by atoms with van der Waals surface area (Å²) in [5.74, 6) is -0.0723. The predicted octanol–water partition coefficient (Wildman–Crippen LogP) is 7.01. The van der Waals surface area contributed by atoms with Gasteiger partial charge in [0.2, 0.25) is 0 Å². The van der Waals surface area contributed by atoms with E-state index in [1.807, 2.05) is 13.8 Å². The van der Waals surface area contributed by atoms with Gasteiger partial charge in [0.05, 0.1) is 6.10 Å². The monoisotopic (exact) mass is 503 g/mol. The molecule has 4 aromatic rings. The van der Waals surface area contributed by atoms with Crippen LogP contribution >= 0.6 is 23.4 Å². The summed E-state index contributed by atoms with van der Waals surface area (Å²) < 4.78 is 48.7. The number of benzene rings is 3. The molecule has 0 aliphatic heterocycles. The third kappa shape index (κ3) is 5.74. The van der Waals surface area contributed by atoms with Gasteiger partial charge < -0.3 is 4.74 Å². The fraction of sp³-hybridized carbons (Fsp3) is 0.200. The van der Waals surface area contributed by atoms with E-state index in [0.29, 0.717) is 39.4 Å². The van der Waals surface area contributed by atoms with Gasteiger partial charge in [0.25, 0.3) is 0 Å². The van der Waals surface area contributed by atoms with E-state index in [1.54, 1.807) is 34.9 Å². The molecule has 1 heterocycles. The third-order valence-electron chi connectivity index (χ3n) is 4.88. The van der Waals surface area contributed by atoms with Crippen LogP contribution in [-0.4, -0.2) is 20.9 Å². The molecule has 1 aromatic heterocycles. The van der Waals surface area contributed by atoms with Gasteiger partial charge in [-0.15, -0.1) is 10.2 Å². The highest BCUT2D eigenvalue weighted by Crippen LogP contribution is 2.30. The van der Waals surface area contributed by atoms with Crippen LogP contribution in [0, 0.1) is 17.5 Å². The van der Waals surface area contributed by atoms with Crippen molar-refractivity contribution in [1.82, 2.24) is 14.8 Å². The standard InChI is InChI=1S/C25H21ClF3N3OS/c1-15(2)33-23-10-3-16(11-22(23)29)12-24-30-31-25(32(24)20-8-6-18(27)7-9-20)34-14-17-4-5-19(28)13-21(17)26/h3-11,13,15H,12,14H2,1-2H3. The van der Waals surface area contributed by atoms with Gasteiger partial charge in [0.15, 0.2) is 16.7 Å². The third-order valence-corrected chi connectivity index (χ3v) is 6.21. The van der Waals surface area contributed by atoms with E-state index in [-0.39, 0.29) is 17.7 Å². The Morgan fingerprint density at radius 1 is 0.941 bits per heavy atom. The van der Waals surface area contributed by atoms with Crippen LogP contribution in [0.4, 0.5) is 13.2 Å². The maximum Gasteiger partial charge on any atom is 0.196 e. The van der Waals surface area contributed by atoms with E-state index in [4.69, 9.17) is 16.3 Å². The van der Waals surface area contributed by atoms with Gasteiger partial charge in [-0.1, -0.05) is 35.5 Å². The van der Waals surface area contributed by atoms with Gasteiger partial charge in [-0.3, -0.25) is 4.57 Å². The molecule has 0 saturated carbocycles. The number of ether oxygens (including phenoxy) is 1. The van der Waals surface area contributed by atoms with Crippen LogP contribution < -0.4 is 4.74 Å². The molecule has 34 heavy (non-hydrogen) atoms. The molecule has 4 rings (SSSR count). The van der Waals surface area contributed by atoms with E-state index in [1.165, 1.54) is 42.1 Å². The highest BCUT2D eigenvalue weighted by atomic mass is 35.5. The van der Waals surface area contributed by atoms with Crippen LogP contribution in [0.25, 0.3) is 5.69 Å². The molecule has 0 fully saturated rings. The molecular formula is C25H21ClF3N3OS. The molecule has 0 unspecified atom stereocenters. The van der Waals surface area contributed by atoms with Crippen molar-refractivity contribution in [1.29, 1.82) is 0 Å². The summed E-state index contributed by atoms with van der Waals surface area (Å²) >= 11 is 7.52. The lowest BCUT2D eigenvalue weighted by molar-refractivity contribution is 0.231. The highest BCUT2D eigenvalue weighted by molar-refractivity contribution is 7.98. The number of thioether (sulfide) groups is 1. The maximum absolute atomic E-state index is 14.5. The Kier molecular flexibility index (Phi) is 7.48. The Morgan fingerprint density at radius 2 is 1.68 bits per heavy atom. The van der Waals surface area contributed by atoms with E-state index in [9.17, 15) is 13.2 Å². The quantitative estimate of drug-likeness (QED) is 0.242. The van der Waals surface area contributed by atoms with Crippen molar-refractivity contribution in [2.75, 3.05) is 0 Å². The fourth-order valence-corrected chi connectivity index (χ4v) is 4.61. The summed E-state index contributed by atoms with van der Waals surface area (Å²) in [5.41, 5.74) is 2.09. The minimum Gasteiger partial charge on any atom is -0.488 e. The number of halogens is 4. The zero-order chi connectivity index (χ0) is 24.2. The van der Waals surface area contributed by atoms with Gasteiger partial charge in [-0.05, 0) is 73.5 Å². The molecule has 4 nitrogen and oxygen atoms in total. The first-order chi connectivity index (χ1) is 16.3. The first kappa shape index (κ1) is 24.2. The Morgan fingerprint density at radius 3 is 2.35 bits per heavy atom. The van der Waals surface area contributed by atoms with Crippen LogP contribution in [0.1, 0.15) is 30.8 Å². The van der Waals surface area contributed by atoms with Crippen LogP contribution in [0.3, 0.4) is 0 Å². The summed E-state index contributed by atoms with van der Waals surface area (Å²) in [6, 6.07) is 14.9. The summed E-state index contributed by atoms with van der Waals surface area (Å²) in [6.07, 6.45) is 0.150. The minimum atomic E-state index is -0.459. The van der Waals surface area contributed by atoms with E-state index in [2.05, 4.69) is 10.2 Å². The average Bonchev–Trinajstić information content (AvgIpc) is 3.17. The minimum absolute atomic E-state index is 0.142. The van der Waals surface area contributed by atoms with Gasteiger partial charge in [0, 0.05) is 22.9 Å². The SMILES string of the molecule is CC(C)Oc1ccc(Cc2nnc(SCc3ccc(F)cc3Cl)n2-c2ccc(F)cc2)cc1F. The van der Waals surface area contributed by atoms with E-state index >= 15 is 0 Å². The summed E-state index contributed by atoms with van der Waals surface area (Å²) in [4.78, 5) is 0. The first-order valence-electron chi connectivity index (χ1n) is 10.5. The van der Waals surface area contributed by atoms with Crippen molar-refractivity contribution >= 4 is 23.4 Å². The van der Waals surface area contributed by atoms with Crippen LogP contribution in [0.5, 0.6) is 5.75 Å². The topological polar surface area (TPSA) is 39.9 Å². The molecule has 0 N–H and O–H groups in total. The second-order valence-electron chi connectivity index (χ2n) is 7.84. The van der Waals surface area contributed by atoms with Crippen molar-refractivity contribution in [3.63, 3.8) is 0 Å². The molecule has 0 saturated heterocycles. The van der Waals surface area contributed by atoms with Crippen LogP contribution in [-0.2, 0) is 12.2 Å². The number of nitrogens with zero attached hydrogens (tertiary/aromatic N) is 3. The van der Waals surface area contributed by atoms with Gasteiger partial charge in [-0.25, -0.2) is 13.2 Å². The molecule has 9 heteroatoms. The molecule has 176 valence electrons. The second-order valence-corrected chi connectivity index (χ2v) is 9.19. The summed E-state index contributed by atoms with van der Waals surface area (Å²) in [7, 11) is 0. The van der Waals surface area contributed by atoms with Crippen LogP contribution in [0.15, 0.2) is 65.8 Å². The fourth-order valence-electron chi connectivity index (χ4n) is 3.33. The lowest BCUT2D eigenvalue weighted by atomic mass is 10.1. The lowest BCUT2D eigenvalue weighted by Crippen LogP contribution is -2.08. The Balaban J connectivity index is 1.64. The molecular weight excluding hydrogens is 483 g/mol. The highest BCUT2D eigenvalue weighted by Gasteiger charge is 2.17. The molecule has 0 spiro atoms. The molecule has 0 radical (unpaired) electrons. The summed E-state index contributed by atoms with van der Waals surface area (Å²) in [6.45, 7) is 3.66. The van der Waals surface area contributed by atoms with Crippen molar-refractivity contribution in [3.8, 4) is 11.4 Å². The molecule has 0 amide bonds. The average molecular weight is 504 g/mol. The largest absolute Gasteiger partial charge is 0.488 e. The number of aromatic nitrogens is 3. The van der Waals surface area contributed by atoms with Crippen molar-refractivity contribution < 1.29 is 17.9 Å². The van der Waals surface area contributed by atoms with Gasteiger partial charge >= 0.3 is 0 Å². The molecule has 0 aliphatic carbocycles. The second kappa shape index (κ2) is 10.5. The molecule has 3 aromatic carbocycles. The zero-order valence-electron chi connectivity index (χ0n) is 18.4. The predicted molar refractivity (Wildman–Crippen MR) is 127 cm³/mol. The smallest absolute Gasteiger partial charge is 0.196 e. The molecule has 0 aliphatic rings. The van der Waals surface area contributed by atoms with Crippen molar-refractivity contribution in [2.24, 2.45) is 0 Å². The molecule has 0 bridgehead atoms. The molecule has 0 atom stereocenters. The number of hydrogen-bond donors (Lipinski definition) is 0. The lowest BCUT2D eigenvalue weighted by Gasteiger charge is -2.13. The zero-order valence-corrected chi connectivity index (χ0v) is 20.0. The first-order valence-corrected chi connectivity index (χ1v) is 11.9. The van der Waals surface area contributed by atoms with Crippen molar-refractivity contribution in [2.45, 2.75) is 37.3 Å². The van der Waals surface area contributed by atoms with Crippen molar-refractivity contribution in [3.05, 3.63) is 100 Å². The Labute approximate surface area is 204 Å². The van der Waals surface area contributed by atoms with E-state index in [0.717, 1.165) is 5.56 Å². The Bertz CT molecular complexity index is 1300. The normalized spacial score (nSPS) is 11.3. The van der Waals surface area contributed by atoms with Crippen LogP contribution in [0.2, 0.25) is 5.02 Å². The van der Waals surface area contributed by atoms with Gasteiger partial charge in [-0.2, -0.15) is 0 Å². The van der Waals surface area contributed by atoms with Gasteiger partial charge in [0.1, 0.15) is 17.5 Å². The maximum atomic E-state index is 14.5.